The molecule has 3 aromatic carbocycles. The SMILES string of the molecule is [CH3][Sn]([CH3])([CH3])[CH2]c1ccc2cc(-c3ccccc3)ccc2c1. The Balaban J connectivity index is 1.99. The molecule has 0 radical (unpaired) electrons. The van der Waals surface area contributed by atoms with E-state index < -0.39 is 18.4 Å². The van der Waals surface area contributed by atoms with Gasteiger partial charge in [-0.1, -0.05) is 0 Å². The van der Waals surface area contributed by atoms with E-state index in [1.54, 1.807) is 0 Å². The number of benzene rings is 3. The average Bonchev–Trinajstić information content (AvgIpc) is 2.46. The molecule has 0 fully saturated rings. The molecule has 0 unspecified atom stereocenters. The minimum absolute atomic E-state index is 1.29. The topological polar surface area (TPSA) is 0 Å². The van der Waals surface area contributed by atoms with Crippen molar-refractivity contribution >= 4 is 29.1 Å². The molecule has 0 heterocycles. The predicted octanol–water partition coefficient (Wildman–Crippen LogP) is 5.93. The fraction of sp³-hybridized carbons (Fsp3) is 0.200. The summed E-state index contributed by atoms with van der Waals surface area (Å²) in [5, 5.41) is 2.70. The standard InChI is InChI=1S/C17H13.3CH3.Sn/c1-13-7-8-17-12-16(10-9-15(17)11-13)14-5-3-2-4-6-14;;;;/h2-12H,1H2;3*1H3;. The van der Waals surface area contributed by atoms with Gasteiger partial charge in [-0.25, -0.2) is 0 Å². The summed E-state index contributed by atoms with van der Waals surface area (Å²) in [4.78, 5) is 7.49. The summed E-state index contributed by atoms with van der Waals surface area (Å²) < 4.78 is 1.32. The van der Waals surface area contributed by atoms with E-state index in [1.807, 2.05) is 0 Å². The first-order valence-corrected chi connectivity index (χ1v) is 18.2. The van der Waals surface area contributed by atoms with E-state index in [1.165, 1.54) is 31.9 Å². The van der Waals surface area contributed by atoms with E-state index in [4.69, 9.17) is 0 Å². The summed E-state index contributed by atoms with van der Waals surface area (Å²) in [6, 6.07) is 24.4. The maximum atomic E-state index is 2.50. The normalized spacial score (nSPS) is 11.8. The number of fused-ring (bicyclic) bond motifs is 1. The Bertz CT molecular complexity index is 752. The summed E-state index contributed by atoms with van der Waals surface area (Å²) in [6.45, 7) is 0. The Morgan fingerprint density at radius 2 is 1.33 bits per heavy atom. The van der Waals surface area contributed by atoms with Crippen LogP contribution in [0.25, 0.3) is 21.9 Å². The summed E-state index contributed by atoms with van der Waals surface area (Å²) in [5.74, 6) is 0. The van der Waals surface area contributed by atoms with Crippen LogP contribution in [0.5, 0.6) is 0 Å². The quantitative estimate of drug-likeness (QED) is 0.494. The Kier molecular flexibility index (Phi) is 4.07. The first-order chi connectivity index (χ1) is 10.0. The van der Waals surface area contributed by atoms with Crippen molar-refractivity contribution in [1.82, 2.24) is 0 Å². The van der Waals surface area contributed by atoms with Crippen LogP contribution in [0.4, 0.5) is 0 Å². The first kappa shape index (κ1) is 14.6. The average molecular weight is 381 g/mol. The molecule has 0 aliphatic heterocycles. The fourth-order valence-corrected chi connectivity index (χ4v) is 6.95. The molecule has 0 saturated heterocycles. The van der Waals surface area contributed by atoms with E-state index in [9.17, 15) is 0 Å². The first-order valence-electron chi connectivity index (χ1n) is 7.59. The maximum absolute atomic E-state index is 2.50. The third-order valence-electron chi connectivity index (χ3n) is 3.75. The molecule has 0 aliphatic carbocycles. The molecular weight excluding hydrogens is 359 g/mol. The third kappa shape index (κ3) is 3.68. The molecule has 106 valence electrons. The van der Waals surface area contributed by atoms with Crippen LogP contribution in [0.2, 0.25) is 14.8 Å². The molecule has 0 spiro atoms. The van der Waals surface area contributed by atoms with Crippen molar-refractivity contribution in [2.45, 2.75) is 19.3 Å². The zero-order chi connectivity index (χ0) is 14.9. The molecule has 0 atom stereocenters. The minimum atomic E-state index is -1.76. The Labute approximate surface area is 131 Å². The van der Waals surface area contributed by atoms with Gasteiger partial charge in [-0.2, -0.15) is 0 Å². The van der Waals surface area contributed by atoms with E-state index in [-0.39, 0.29) is 0 Å². The van der Waals surface area contributed by atoms with Crippen LogP contribution in [0.1, 0.15) is 5.56 Å². The van der Waals surface area contributed by atoms with Crippen molar-refractivity contribution in [2.24, 2.45) is 0 Å². The van der Waals surface area contributed by atoms with Gasteiger partial charge in [-0.05, 0) is 0 Å². The van der Waals surface area contributed by atoms with Gasteiger partial charge in [0.05, 0.1) is 0 Å². The summed E-state index contributed by atoms with van der Waals surface area (Å²) in [5.41, 5.74) is 4.10. The molecular formula is C20H22Sn. The second kappa shape index (κ2) is 5.84. The zero-order valence-electron chi connectivity index (χ0n) is 13.1. The van der Waals surface area contributed by atoms with Crippen molar-refractivity contribution in [3.63, 3.8) is 0 Å². The van der Waals surface area contributed by atoms with Crippen molar-refractivity contribution in [3.05, 3.63) is 72.3 Å². The summed E-state index contributed by atoms with van der Waals surface area (Å²) >= 11 is -1.76. The molecule has 0 bridgehead atoms. The van der Waals surface area contributed by atoms with E-state index >= 15 is 0 Å². The number of rotatable bonds is 3. The van der Waals surface area contributed by atoms with Gasteiger partial charge in [0, 0.05) is 0 Å². The van der Waals surface area contributed by atoms with Gasteiger partial charge in [0.15, 0.2) is 0 Å². The second-order valence-electron chi connectivity index (χ2n) is 7.00. The monoisotopic (exact) mass is 382 g/mol. The molecule has 3 rings (SSSR count). The van der Waals surface area contributed by atoms with Gasteiger partial charge in [-0.3, -0.25) is 0 Å². The van der Waals surface area contributed by atoms with Gasteiger partial charge in [0.25, 0.3) is 0 Å². The number of hydrogen-bond acceptors (Lipinski definition) is 0. The van der Waals surface area contributed by atoms with Crippen LogP contribution in [0, 0.1) is 0 Å². The van der Waals surface area contributed by atoms with Gasteiger partial charge in [-0.15, -0.1) is 0 Å². The summed E-state index contributed by atoms with van der Waals surface area (Å²) in [6.07, 6.45) is 0. The molecule has 0 N–H and O–H groups in total. The van der Waals surface area contributed by atoms with Crippen molar-refractivity contribution < 1.29 is 0 Å². The van der Waals surface area contributed by atoms with Gasteiger partial charge < -0.3 is 0 Å². The molecule has 0 amide bonds. The number of hydrogen-bond donors (Lipinski definition) is 0. The van der Waals surface area contributed by atoms with Crippen LogP contribution >= 0.6 is 0 Å². The molecule has 1 heteroatoms. The van der Waals surface area contributed by atoms with Crippen molar-refractivity contribution in [1.29, 1.82) is 0 Å². The molecule has 3 aromatic rings. The van der Waals surface area contributed by atoms with Crippen LogP contribution < -0.4 is 0 Å². The van der Waals surface area contributed by atoms with Gasteiger partial charge in [0.1, 0.15) is 0 Å². The van der Waals surface area contributed by atoms with Crippen molar-refractivity contribution in [3.8, 4) is 11.1 Å². The van der Waals surface area contributed by atoms with Crippen LogP contribution in [-0.4, -0.2) is 18.4 Å². The van der Waals surface area contributed by atoms with Crippen LogP contribution in [0.15, 0.2) is 66.7 Å². The molecule has 0 nitrogen and oxygen atoms in total. The van der Waals surface area contributed by atoms with Crippen molar-refractivity contribution in [2.75, 3.05) is 0 Å². The fourth-order valence-electron chi connectivity index (χ4n) is 2.83. The second-order valence-corrected chi connectivity index (χ2v) is 22.6. The van der Waals surface area contributed by atoms with Crippen LogP contribution in [-0.2, 0) is 4.44 Å². The Morgan fingerprint density at radius 1 is 0.667 bits per heavy atom. The van der Waals surface area contributed by atoms with E-state index in [0.29, 0.717) is 0 Å². The Hall–Kier alpha value is -1.28. The Morgan fingerprint density at radius 3 is 2.05 bits per heavy atom. The predicted molar refractivity (Wildman–Crippen MR) is 96.4 cm³/mol. The van der Waals surface area contributed by atoms with Crippen LogP contribution in [0.3, 0.4) is 0 Å². The molecule has 21 heavy (non-hydrogen) atoms. The van der Waals surface area contributed by atoms with Gasteiger partial charge >= 0.3 is 132 Å². The molecule has 0 aromatic heterocycles. The van der Waals surface area contributed by atoms with E-state index in [0.717, 1.165) is 0 Å². The van der Waals surface area contributed by atoms with E-state index in [2.05, 4.69) is 81.5 Å². The third-order valence-corrected chi connectivity index (χ3v) is 7.94. The molecule has 0 aliphatic rings. The zero-order valence-corrected chi connectivity index (χ0v) is 15.9. The molecule has 0 saturated carbocycles. The summed E-state index contributed by atoms with van der Waals surface area (Å²) in [7, 11) is 0. The van der Waals surface area contributed by atoms with Gasteiger partial charge in [0.2, 0.25) is 0 Å².